The Bertz CT molecular complexity index is 517. The largest absolute Gasteiger partial charge is 0.478 e. The number of carbonyl (C=O) groups excluding carboxylic acids is 1. The summed E-state index contributed by atoms with van der Waals surface area (Å²) in [5.41, 5.74) is -0.918. The van der Waals surface area contributed by atoms with E-state index < -0.39 is 29.1 Å². The highest BCUT2D eigenvalue weighted by molar-refractivity contribution is 6.04. The van der Waals surface area contributed by atoms with Crippen molar-refractivity contribution in [2.24, 2.45) is 0 Å². The minimum absolute atomic E-state index is 0.123. The zero-order valence-electron chi connectivity index (χ0n) is 11.4. The van der Waals surface area contributed by atoms with Crippen molar-refractivity contribution in [1.29, 1.82) is 0 Å². The quantitative estimate of drug-likeness (QED) is 0.844. The number of carboxylic acids is 1. The average molecular weight is 285 g/mol. The van der Waals surface area contributed by atoms with Crippen LogP contribution in [0, 0.1) is 11.6 Å². The minimum atomic E-state index is -1.47. The molecule has 0 aliphatic rings. The number of hydrogen-bond donors (Lipinski definition) is 2. The van der Waals surface area contributed by atoms with Crippen LogP contribution in [0.2, 0.25) is 0 Å². The lowest BCUT2D eigenvalue weighted by atomic mass is 10.0. The van der Waals surface area contributed by atoms with Gasteiger partial charge in [-0.3, -0.25) is 4.79 Å². The van der Waals surface area contributed by atoms with Gasteiger partial charge in [-0.05, 0) is 25.0 Å². The Balaban J connectivity index is 3.08. The number of amides is 1. The van der Waals surface area contributed by atoms with Gasteiger partial charge in [-0.25, -0.2) is 13.6 Å². The fraction of sp³-hybridized carbons (Fsp3) is 0.429. The van der Waals surface area contributed by atoms with Crippen molar-refractivity contribution in [3.05, 3.63) is 34.9 Å². The molecule has 0 fully saturated rings. The van der Waals surface area contributed by atoms with E-state index >= 15 is 0 Å². The number of rotatable bonds is 6. The van der Waals surface area contributed by atoms with Crippen molar-refractivity contribution in [2.75, 3.05) is 0 Å². The summed E-state index contributed by atoms with van der Waals surface area (Å²) < 4.78 is 26.3. The molecular formula is C14H17F2NO3. The highest BCUT2D eigenvalue weighted by atomic mass is 19.2. The number of carbonyl (C=O) groups is 2. The van der Waals surface area contributed by atoms with E-state index in [-0.39, 0.29) is 11.6 Å². The molecule has 0 aliphatic heterocycles. The van der Waals surface area contributed by atoms with Gasteiger partial charge in [-0.1, -0.05) is 20.3 Å². The van der Waals surface area contributed by atoms with Crippen LogP contribution in [0.15, 0.2) is 12.1 Å². The Morgan fingerprint density at radius 2 is 1.75 bits per heavy atom. The van der Waals surface area contributed by atoms with Crippen molar-refractivity contribution in [3.63, 3.8) is 0 Å². The molecule has 1 atom stereocenters. The van der Waals surface area contributed by atoms with Crippen LogP contribution in [-0.4, -0.2) is 23.0 Å². The molecule has 0 heterocycles. The molecule has 20 heavy (non-hydrogen) atoms. The summed E-state index contributed by atoms with van der Waals surface area (Å²) in [4.78, 5) is 23.0. The van der Waals surface area contributed by atoms with Gasteiger partial charge in [0, 0.05) is 6.04 Å². The van der Waals surface area contributed by atoms with Crippen molar-refractivity contribution in [3.8, 4) is 0 Å². The van der Waals surface area contributed by atoms with Crippen LogP contribution >= 0.6 is 0 Å². The summed E-state index contributed by atoms with van der Waals surface area (Å²) in [6, 6.07) is 1.02. The van der Waals surface area contributed by atoms with Gasteiger partial charge in [0.25, 0.3) is 5.91 Å². The third-order valence-corrected chi connectivity index (χ3v) is 3.00. The normalized spacial score (nSPS) is 12.0. The van der Waals surface area contributed by atoms with E-state index in [0.29, 0.717) is 18.6 Å². The molecule has 0 aromatic heterocycles. The van der Waals surface area contributed by atoms with Gasteiger partial charge in [-0.15, -0.1) is 0 Å². The molecule has 0 radical (unpaired) electrons. The second-order valence-corrected chi connectivity index (χ2v) is 4.48. The standard InChI is InChI=1S/C14H17F2NO3/c1-3-5-8(4-2)17-13(18)9-6-11(15)12(16)7-10(9)14(19)20/h6-8H,3-5H2,1-2H3,(H,17,18)(H,19,20). The molecule has 1 rings (SSSR count). The Morgan fingerprint density at radius 3 is 2.20 bits per heavy atom. The summed E-state index contributed by atoms with van der Waals surface area (Å²) >= 11 is 0. The van der Waals surface area contributed by atoms with Crippen LogP contribution in [0.5, 0.6) is 0 Å². The van der Waals surface area contributed by atoms with Gasteiger partial charge in [0.1, 0.15) is 0 Å². The lowest BCUT2D eigenvalue weighted by Crippen LogP contribution is -2.35. The third-order valence-electron chi connectivity index (χ3n) is 3.00. The molecule has 4 nitrogen and oxygen atoms in total. The molecule has 1 amide bonds. The summed E-state index contributed by atoms with van der Waals surface area (Å²) in [7, 11) is 0. The highest BCUT2D eigenvalue weighted by Gasteiger charge is 2.21. The Hall–Kier alpha value is -1.98. The number of hydrogen-bond acceptors (Lipinski definition) is 2. The number of aromatic carboxylic acids is 1. The summed E-state index contributed by atoms with van der Waals surface area (Å²) in [6.07, 6.45) is 2.25. The molecular weight excluding hydrogens is 268 g/mol. The van der Waals surface area contributed by atoms with E-state index in [9.17, 15) is 18.4 Å². The number of benzene rings is 1. The Kier molecular flexibility index (Phi) is 5.61. The Morgan fingerprint density at radius 1 is 1.20 bits per heavy atom. The van der Waals surface area contributed by atoms with Gasteiger partial charge < -0.3 is 10.4 Å². The first-order chi connectivity index (χ1) is 9.40. The molecule has 110 valence electrons. The van der Waals surface area contributed by atoms with Gasteiger partial charge in [-0.2, -0.15) is 0 Å². The van der Waals surface area contributed by atoms with Crippen molar-refractivity contribution in [2.45, 2.75) is 39.2 Å². The van der Waals surface area contributed by atoms with Crippen LogP contribution in [0.4, 0.5) is 8.78 Å². The first-order valence-electron chi connectivity index (χ1n) is 6.43. The van der Waals surface area contributed by atoms with Crippen LogP contribution in [0.1, 0.15) is 53.8 Å². The monoisotopic (exact) mass is 285 g/mol. The van der Waals surface area contributed by atoms with Crippen LogP contribution < -0.4 is 5.32 Å². The van der Waals surface area contributed by atoms with Crippen molar-refractivity contribution >= 4 is 11.9 Å². The van der Waals surface area contributed by atoms with Gasteiger partial charge >= 0.3 is 5.97 Å². The van der Waals surface area contributed by atoms with E-state index in [1.54, 1.807) is 0 Å². The predicted molar refractivity (Wildman–Crippen MR) is 69.8 cm³/mol. The number of nitrogens with one attached hydrogen (secondary N) is 1. The van der Waals surface area contributed by atoms with Gasteiger partial charge in [0.05, 0.1) is 11.1 Å². The van der Waals surface area contributed by atoms with E-state index in [1.807, 2.05) is 13.8 Å². The van der Waals surface area contributed by atoms with Gasteiger partial charge in [0.15, 0.2) is 11.6 Å². The molecule has 1 aromatic carbocycles. The second kappa shape index (κ2) is 6.98. The summed E-state index contributed by atoms with van der Waals surface area (Å²) in [6.45, 7) is 3.83. The lowest BCUT2D eigenvalue weighted by molar-refractivity contribution is 0.0689. The van der Waals surface area contributed by atoms with Crippen LogP contribution in [0.3, 0.4) is 0 Å². The van der Waals surface area contributed by atoms with Gasteiger partial charge in [0.2, 0.25) is 0 Å². The fourth-order valence-electron chi connectivity index (χ4n) is 1.90. The molecule has 6 heteroatoms. The average Bonchev–Trinajstić information content (AvgIpc) is 2.40. The predicted octanol–water partition coefficient (Wildman–Crippen LogP) is 2.97. The van der Waals surface area contributed by atoms with E-state index in [0.717, 1.165) is 12.8 Å². The zero-order chi connectivity index (χ0) is 15.3. The van der Waals surface area contributed by atoms with Crippen molar-refractivity contribution < 1.29 is 23.5 Å². The SMILES string of the molecule is CCCC(CC)NC(=O)c1cc(F)c(F)cc1C(=O)O. The number of carboxylic acid groups (broad SMARTS) is 1. The maximum absolute atomic E-state index is 13.2. The second-order valence-electron chi connectivity index (χ2n) is 4.48. The third kappa shape index (κ3) is 3.76. The summed E-state index contributed by atoms with van der Waals surface area (Å²) in [5, 5.41) is 11.6. The molecule has 1 aromatic rings. The highest BCUT2D eigenvalue weighted by Crippen LogP contribution is 2.16. The molecule has 1 unspecified atom stereocenters. The molecule has 0 aliphatic carbocycles. The smallest absolute Gasteiger partial charge is 0.336 e. The molecule has 2 N–H and O–H groups in total. The first-order valence-corrected chi connectivity index (χ1v) is 6.43. The van der Waals surface area contributed by atoms with E-state index in [1.165, 1.54) is 0 Å². The van der Waals surface area contributed by atoms with E-state index in [4.69, 9.17) is 5.11 Å². The topological polar surface area (TPSA) is 66.4 Å². The van der Waals surface area contributed by atoms with Crippen LogP contribution in [-0.2, 0) is 0 Å². The number of halogens is 2. The maximum Gasteiger partial charge on any atom is 0.336 e. The first kappa shape index (κ1) is 16.1. The van der Waals surface area contributed by atoms with Crippen molar-refractivity contribution in [1.82, 2.24) is 5.32 Å². The molecule has 0 saturated carbocycles. The van der Waals surface area contributed by atoms with E-state index in [2.05, 4.69) is 5.32 Å². The molecule has 0 saturated heterocycles. The fourth-order valence-corrected chi connectivity index (χ4v) is 1.90. The lowest BCUT2D eigenvalue weighted by Gasteiger charge is -2.17. The maximum atomic E-state index is 13.2. The zero-order valence-corrected chi connectivity index (χ0v) is 11.4. The Labute approximate surface area is 115 Å². The minimum Gasteiger partial charge on any atom is -0.478 e. The molecule has 0 bridgehead atoms. The molecule has 0 spiro atoms. The summed E-state index contributed by atoms with van der Waals surface area (Å²) in [5.74, 6) is -4.72. The van der Waals surface area contributed by atoms with Crippen LogP contribution in [0.25, 0.3) is 0 Å².